The molecule has 34 heavy (non-hydrogen) atoms. The highest BCUT2D eigenvalue weighted by Gasteiger charge is 2.58. The average Bonchev–Trinajstić information content (AvgIpc) is 3.55. The van der Waals surface area contributed by atoms with E-state index in [2.05, 4.69) is 30.6 Å². The van der Waals surface area contributed by atoms with Gasteiger partial charge in [0.2, 0.25) is 0 Å². The number of halogens is 1. The molecule has 3 aromatic heterocycles. The van der Waals surface area contributed by atoms with Gasteiger partial charge in [0, 0.05) is 7.05 Å². The maximum Gasteiger partial charge on any atom is 0.314 e. The summed E-state index contributed by atoms with van der Waals surface area (Å²) in [6, 6.07) is 7.10. The number of rotatable bonds is 4. The summed E-state index contributed by atoms with van der Waals surface area (Å²) in [7, 11) is 1.50. The predicted octanol–water partition coefficient (Wildman–Crippen LogP) is 0.716. The van der Waals surface area contributed by atoms with Gasteiger partial charge in [-0.3, -0.25) is 9.36 Å². The molecule has 176 valence electrons. The number of amides is 1. The number of para-hydroxylation sites is 1. The molecule has 0 spiro atoms. The molecule has 4 aromatic rings. The van der Waals surface area contributed by atoms with Crippen LogP contribution in [0.25, 0.3) is 22.2 Å². The molecule has 0 saturated carbocycles. The standard InChI is InChI=1S/C20H19FN8O5/c1-20(2)32-12-13(16(30)22-3)31-18(14(12)33-20)28-8-23-11-15(28)24-19(21)25-17(11)34-29-10-7-5-4-6-9(10)26-27-29/h4-8,12-14,18H,1-3H3,(H,22,30)/t12-,13+,14-,18-/m1/s1. The maximum absolute atomic E-state index is 14.5. The molecule has 2 aliphatic rings. The first-order valence-electron chi connectivity index (χ1n) is 10.5. The Morgan fingerprint density at radius 2 is 2.00 bits per heavy atom. The van der Waals surface area contributed by atoms with Crippen molar-refractivity contribution in [1.29, 1.82) is 0 Å². The van der Waals surface area contributed by atoms with E-state index < -0.39 is 36.4 Å². The number of nitrogens with one attached hydrogen (secondary N) is 1. The van der Waals surface area contributed by atoms with Crippen molar-refractivity contribution >= 4 is 28.1 Å². The molecule has 0 radical (unpaired) electrons. The molecule has 0 unspecified atom stereocenters. The fourth-order valence-electron chi connectivity index (χ4n) is 4.27. The molecule has 13 nitrogen and oxygen atoms in total. The summed E-state index contributed by atoms with van der Waals surface area (Å²) in [4.78, 5) is 31.2. The first-order valence-corrected chi connectivity index (χ1v) is 10.5. The van der Waals surface area contributed by atoms with Crippen molar-refractivity contribution in [1.82, 2.24) is 40.0 Å². The summed E-state index contributed by atoms with van der Waals surface area (Å²) in [5, 5.41) is 10.5. The first kappa shape index (κ1) is 20.8. The molecular formula is C20H19FN8O5. The highest BCUT2D eigenvalue weighted by atomic mass is 19.1. The largest absolute Gasteiger partial charge is 0.357 e. The minimum atomic E-state index is -1.05. The lowest BCUT2D eigenvalue weighted by Crippen LogP contribution is -2.41. The van der Waals surface area contributed by atoms with Gasteiger partial charge >= 0.3 is 6.08 Å². The molecule has 4 atom stereocenters. The number of ether oxygens (including phenoxy) is 3. The number of likely N-dealkylation sites (N-methyl/N-ethyl adjacent to an activating group) is 1. The van der Waals surface area contributed by atoms with Crippen molar-refractivity contribution in [2.24, 2.45) is 0 Å². The van der Waals surface area contributed by atoms with E-state index in [0.29, 0.717) is 11.0 Å². The Bertz CT molecular complexity index is 1420. The third-order valence-electron chi connectivity index (χ3n) is 5.66. The van der Waals surface area contributed by atoms with Crippen LogP contribution in [-0.4, -0.2) is 71.7 Å². The van der Waals surface area contributed by atoms with Gasteiger partial charge in [0.25, 0.3) is 11.8 Å². The highest BCUT2D eigenvalue weighted by Crippen LogP contribution is 2.44. The molecule has 2 aliphatic heterocycles. The van der Waals surface area contributed by atoms with E-state index in [-0.39, 0.29) is 23.0 Å². The van der Waals surface area contributed by atoms with Crippen LogP contribution in [0.3, 0.4) is 0 Å². The smallest absolute Gasteiger partial charge is 0.314 e. The highest BCUT2D eigenvalue weighted by molar-refractivity contribution is 5.82. The zero-order chi connectivity index (χ0) is 23.6. The van der Waals surface area contributed by atoms with Crippen molar-refractivity contribution in [3.8, 4) is 5.88 Å². The number of carbonyl (C=O) groups is 1. The third kappa shape index (κ3) is 3.18. The topological polar surface area (TPSA) is 140 Å². The lowest BCUT2D eigenvalue weighted by Gasteiger charge is -2.24. The zero-order valence-electron chi connectivity index (χ0n) is 18.2. The Morgan fingerprint density at radius 3 is 2.82 bits per heavy atom. The van der Waals surface area contributed by atoms with Gasteiger partial charge in [0.1, 0.15) is 23.2 Å². The van der Waals surface area contributed by atoms with E-state index in [1.54, 1.807) is 32.0 Å². The molecular weight excluding hydrogens is 451 g/mol. The fraction of sp³-hybridized carbons (Fsp3) is 0.400. The fourth-order valence-corrected chi connectivity index (χ4v) is 4.27. The van der Waals surface area contributed by atoms with E-state index in [1.807, 2.05) is 6.07 Å². The van der Waals surface area contributed by atoms with Crippen LogP contribution >= 0.6 is 0 Å². The number of aromatic nitrogens is 7. The maximum atomic E-state index is 14.5. The molecule has 6 rings (SSSR count). The van der Waals surface area contributed by atoms with Gasteiger partial charge in [-0.05, 0) is 31.2 Å². The van der Waals surface area contributed by atoms with Crippen molar-refractivity contribution < 1.29 is 28.2 Å². The Kier molecular flexibility index (Phi) is 4.52. The average molecular weight is 470 g/mol. The SMILES string of the molecule is CNC(=O)[C@H]1O[C@@H](n2cnc3c(On4nnc5ccccc54)nc(F)nc32)[C@@H]2OC(C)(C)O[C@@H]21. The Labute approximate surface area is 190 Å². The molecule has 2 saturated heterocycles. The van der Waals surface area contributed by atoms with Crippen LogP contribution in [0.1, 0.15) is 20.1 Å². The van der Waals surface area contributed by atoms with Gasteiger partial charge in [0.05, 0.1) is 6.33 Å². The van der Waals surface area contributed by atoms with Crippen LogP contribution in [0.15, 0.2) is 30.6 Å². The van der Waals surface area contributed by atoms with Gasteiger partial charge < -0.3 is 24.4 Å². The van der Waals surface area contributed by atoms with Crippen LogP contribution in [-0.2, 0) is 19.0 Å². The Balaban J connectivity index is 1.41. The second-order valence-electron chi connectivity index (χ2n) is 8.29. The summed E-state index contributed by atoms with van der Waals surface area (Å²) >= 11 is 0. The van der Waals surface area contributed by atoms with Crippen molar-refractivity contribution in [3.63, 3.8) is 0 Å². The van der Waals surface area contributed by atoms with Crippen LogP contribution in [0.4, 0.5) is 4.39 Å². The molecule has 0 aliphatic carbocycles. The lowest BCUT2D eigenvalue weighted by atomic mass is 10.1. The van der Waals surface area contributed by atoms with E-state index >= 15 is 0 Å². The summed E-state index contributed by atoms with van der Waals surface area (Å²) < 4.78 is 33.9. The number of hydrogen-bond donors (Lipinski definition) is 1. The number of fused-ring (bicyclic) bond motifs is 3. The minimum Gasteiger partial charge on any atom is -0.357 e. The van der Waals surface area contributed by atoms with Gasteiger partial charge in [-0.1, -0.05) is 17.0 Å². The predicted molar refractivity (Wildman–Crippen MR) is 111 cm³/mol. The molecule has 5 heterocycles. The summed E-state index contributed by atoms with van der Waals surface area (Å²) in [6.45, 7) is 3.48. The van der Waals surface area contributed by atoms with E-state index in [1.165, 1.54) is 17.9 Å². The van der Waals surface area contributed by atoms with Crippen LogP contribution < -0.4 is 10.2 Å². The van der Waals surface area contributed by atoms with E-state index in [4.69, 9.17) is 19.0 Å². The molecule has 1 N–H and O–H groups in total. The van der Waals surface area contributed by atoms with Crippen molar-refractivity contribution in [2.75, 3.05) is 7.05 Å². The van der Waals surface area contributed by atoms with Crippen LogP contribution in [0.5, 0.6) is 5.88 Å². The lowest BCUT2D eigenvalue weighted by molar-refractivity contribution is -0.197. The van der Waals surface area contributed by atoms with Gasteiger partial charge in [0.15, 0.2) is 29.3 Å². The first-order chi connectivity index (χ1) is 16.3. The second-order valence-corrected chi connectivity index (χ2v) is 8.29. The molecule has 2 fully saturated rings. The Morgan fingerprint density at radius 1 is 1.21 bits per heavy atom. The van der Waals surface area contributed by atoms with Crippen LogP contribution in [0, 0.1) is 6.08 Å². The van der Waals surface area contributed by atoms with Crippen molar-refractivity contribution in [3.05, 3.63) is 36.7 Å². The Hall–Kier alpha value is -3.75. The molecule has 0 bridgehead atoms. The number of nitrogens with zero attached hydrogens (tertiary/aromatic N) is 7. The zero-order valence-corrected chi connectivity index (χ0v) is 18.2. The van der Waals surface area contributed by atoms with E-state index in [0.717, 1.165) is 4.85 Å². The van der Waals surface area contributed by atoms with E-state index in [9.17, 15) is 9.18 Å². The summed E-state index contributed by atoms with van der Waals surface area (Å²) in [6.07, 6.45) is -2.81. The van der Waals surface area contributed by atoms with Crippen LogP contribution in [0.2, 0.25) is 0 Å². The number of carbonyl (C=O) groups excluding carboxylic acids is 1. The third-order valence-corrected chi connectivity index (χ3v) is 5.66. The second kappa shape index (κ2) is 7.38. The minimum absolute atomic E-state index is 0.0848. The van der Waals surface area contributed by atoms with Gasteiger partial charge in [-0.25, -0.2) is 4.98 Å². The molecule has 1 amide bonds. The monoisotopic (exact) mass is 470 g/mol. The van der Waals surface area contributed by atoms with Gasteiger partial charge in [-0.15, -0.1) is 5.10 Å². The molecule has 1 aromatic carbocycles. The normalized spacial score (nSPS) is 25.6. The van der Waals surface area contributed by atoms with Gasteiger partial charge in [-0.2, -0.15) is 14.4 Å². The number of benzene rings is 1. The number of imidazole rings is 1. The van der Waals surface area contributed by atoms with Crippen molar-refractivity contribution in [2.45, 2.75) is 44.2 Å². The summed E-state index contributed by atoms with van der Waals surface area (Å²) in [5.74, 6) is -1.48. The molecule has 14 heteroatoms. The quantitative estimate of drug-likeness (QED) is 0.424. The number of hydrogen-bond acceptors (Lipinski definition) is 10. The summed E-state index contributed by atoms with van der Waals surface area (Å²) in [5.41, 5.74) is 1.39.